The standard InChI is InChI=1S/C2H2O4.CH2O3.Ce/c3-1(4)2(5)6;2-1(3)4;/h(H,3,4)(H,5,6);(H2,2,3,4);. The predicted octanol–water partition coefficient (Wildman–Crippen LogP) is -0.622. The van der Waals surface area contributed by atoms with Gasteiger partial charge in [0.15, 0.2) is 0 Å². The van der Waals surface area contributed by atoms with Gasteiger partial charge in [-0.1, -0.05) is 0 Å². The summed E-state index contributed by atoms with van der Waals surface area (Å²) in [4.78, 5) is 26.8. The van der Waals surface area contributed by atoms with E-state index >= 15 is 0 Å². The Morgan fingerprint density at radius 3 is 0.818 bits per heavy atom. The zero-order valence-electron chi connectivity index (χ0n) is 5.01. The van der Waals surface area contributed by atoms with E-state index in [9.17, 15) is 0 Å². The summed E-state index contributed by atoms with van der Waals surface area (Å²) in [5, 5.41) is 28.7. The van der Waals surface area contributed by atoms with E-state index in [0.717, 1.165) is 0 Å². The van der Waals surface area contributed by atoms with E-state index in [4.69, 9.17) is 34.8 Å². The van der Waals surface area contributed by atoms with Gasteiger partial charge in [-0.2, -0.15) is 0 Å². The van der Waals surface area contributed by atoms with Crippen molar-refractivity contribution < 1.29 is 76.6 Å². The van der Waals surface area contributed by atoms with E-state index in [0.29, 0.717) is 0 Å². The molecule has 0 aromatic heterocycles. The second kappa shape index (κ2) is 9.59. The van der Waals surface area contributed by atoms with E-state index < -0.39 is 18.1 Å². The zero-order chi connectivity index (χ0) is 8.73. The molecule has 0 heterocycles. The van der Waals surface area contributed by atoms with Crippen molar-refractivity contribution in [3.05, 3.63) is 0 Å². The molecule has 62 valence electrons. The third-order valence-electron chi connectivity index (χ3n) is 0.183. The number of hydrogen-bond acceptors (Lipinski definition) is 3. The molecule has 0 fully saturated rings. The van der Waals surface area contributed by atoms with Crippen molar-refractivity contribution in [1.29, 1.82) is 0 Å². The van der Waals surface area contributed by atoms with Crippen LogP contribution in [-0.2, 0) is 9.59 Å². The minimum atomic E-state index is -1.83. The molecule has 0 spiro atoms. The van der Waals surface area contributed by atoms with Gasteiger partial charge in [-0.15, -0.1) is 0 Å². The Bertz CT molecular complexity index is 136. The van der Waals surface area contributed by atoms with Crippen LogP contribution >= 0.6 is 0 Å². The van der Waals surface area contributed by atoms with E-state index in [1.807, 2.05) is 0 Å². The Labute approximate surface area is 94.0 Å². The summed E-state index contributed by atoms with van der Waals surface area (Å²) in [5.74, 6) is -3.65. The molecule has 0 aromatic rings. The molecular formula is C3H4CeO7. The molecule has 4 N–H and O–H groups in total. The largest absolute Gasteiger partial charge is 0.503 e. The van der Waals surface area contributed by atoms with Gasteiger partial charge in [0.1, 0.15) is 0 Å². The van der Waals surface area contributed by atoms with Crippen LogP contribution in [0.25, 0.3) is 0 Å². The monoisotopic (exact) mass is 292 g/mol. The maximum absolute atomic E-state index is 9.10. The predicted molar refractivity (Wildman–Crippen MR) is 25.9 cm³/mol. The van der Waals surface area contributed by atoms with Crippen LogP contribution in [0, 0.1) is 41.7 Å². The molecule has 0 radical (unpaired) electrons. The molecular weight excluding hydrogens is 288 g/mol. The molecule has 0 atom stereocenters. The molecule has 0 aromatic carbocycles. The minimum absolute atomic E-state index is 0. The molecule has 0 saturated carbocycles. The van der Waals surface area contributed by atoms with E-state index in [2.05, 4.69) is 0 Å². The molecule has 0 aliphatic rings. The van der Waals surface area contributed by atoms with E-state index in [1.54, 1.807) is 0 Å². The molecule has 11 heavy (non-hydrogen) atoms. The first-order chi connectivity index (χ1) is 4.37. The third kappa shape index (κ3) is 42.9. The maximum Gasteiger partial charge on any atom is 0.503 e. The van der Waals surface area contributed by atoms with Crippen molar-refractivity contribution in [2.75, 3.05) is 0 Å². The van der Waals surface area contributed by atoms with Crippen molar-refractivity contribution in [2.45, 2.75) is 0 Å². The SMILES string of the molecule is O=C(O)C(=O)O.O=C(O)O.[Ce]. The quantitative estimate of drug-likeness (QED) is 0.437. The minimum Gasteiger partial charge on any atom is -0.473 e. The van der Waals surface area contributed by atoms with Crippen LogP contribution in [0.3, 0.4) is 0 Å². The van der Waals surface area contributed by atoms with Gasteiger partial charge in [0.2, 0.25) is 0 Å². The molecule has 0 aliphatic heterocycles. The normalized spacial score (nSPS) is 6.18. The van der Waals surface area contributed by atoms with Crippen LogP contribution in [0.4, 0.5) is 4.79 Å². The van der Waals surface area contributed by atoms with Crippen molar-refractivity contribution in [1.82, 2.24) is 0 Å². The first-order valence-corrected chi connectivity index (χ1v) is 1.76. The van der Waals surface area contributed by atoms with Gasteiger partial charge in [-0.25, -0.2) is 14.4 Å². The number of rotatable bonds is 0. The van der Waals surface area contributed by atoms with Crippen LogP contribution < -0.4 is 0 Å². The fourth-order valence-corrected chi connectivity index (χ4v) is 0. The smallest absolute Gasteiger partial charge is 0.473 e. The van der Waals surface area contributed by atoms with Crippen molar-refractivity contribution in [3.8, 4) is 0 Å². The van der Waals surface area contributed by atoms with Crippen LogP contribution in [0.2, 0.25) is 0 Å². The van der Waals surface area contributed by atoms with Crippen LogP contribution in [0.5, 0.6) is 0 Å². The summed E-state index contributed by atoms with van der Waals surface area (Å²) in [5.41, 5.74) is 0. The molecule has 0 saturated heterocycles. The number of carbonyl (C=O) groups is 3. The first kappa shape index (κ1) is 16.9. The Morgan fingerprint density at radius 2 is 0.818 bits per heavy atom. The van der Waals surface area contributed by atoms with E-state index in [1.165, 1.54) is 0 Å². The van der Waals surface area contributed by atoms with Gasteiger partial charge in [0, 0.05) is 41.7 Å². The second-order valence-electron chi connectivity index (χ2n) is 0.893. The zero-order valence-corrected chi connectivity index (χ0v) is 8.15. The third-order valence-corrected chi connectivity index (χ3v) is 0.183. The number of aliphatic carboxylic acids is 2. The Hall–Kier alpha value is -0.413. The van der Waals surface area contributed by atoms with Gasteiger partial charge in [0.25, 0.3) is 0 Å². The van der Waals surface area contributed by atoms with Gasteiger partial charge in [-0.3, -0.25) is 0 Å². The molecule has 0 aliphatic carbocycles. The fourth-order valence-electron chi connectivity index (χ4n) is 0. The first-order valence-electron chi connectivity index (χ1n) is 1.76. The Morgan fingerprint density at radius 1 is 0.727 bits per heavy atom. The molecule has 7 nitrogen and oxygen atoms in total. The van der Waals surface area contributed by atoms with Crippen LogP contribution in [0.15, 0.2) is 0 Å². The Kier molecular flexibility index (Phi) is 14.7. The molecule has 0 bridgehead atoms. The summed E-state index contributed by atoms with van der Waals surface area (Å²) in [6.45, 7) is 0. The van der Waals surface area contributed by atoms with Crippen LogP contribution in [0.1, 0.15) is 0 Å². The average molecular weight is 292 g/mol. The van der Waals surface area contributed by atoms with Crippen molar-refractivity contribution in [2.24, 2.45) is 0 Å². The van der Waals surface area contributed by atoms with Crippen molar-refractivity contribution in [3.63, 3.8) is 0 Å². The summed E-state index contributed by atoms with van der Waals surface area (Å²) in [6, 6.07) is 0. The summed E-state index contributed by atoms with van der Waals surface area (Å²) in [6.07, 6.45) is -1.83. The van der Waals surface area contributed by atoms with Gasteiger partial charge in [0.05, 0.1) is 0 Å². The summed E-state index contributed by atoms with van der Waals surface area (Å²) < 4.78 is 0. The number of carboxylic acids is 2. The maximum atomic E-state index is 9.10. The summed E-state index contributed by atoms with van der Waals surface area (Å²) >= 11 is 0. The van der Waals surface area contributed by atoms with Gasteiger partial charge >= 0.3 is 18.1 Å². The van der Waals surface area contributed by atoms with Crippen LogP contribution in [-0.4, -0.2) is 38.5 Å². The van der Waals surface area contributed by atoms with Crippen molar-refractivity contribution >= 4 is 18.1 Å². The second-order valence-corrected chi connectivity index (χ2v) is 0.893. The Balaban J connectivity index is -0.000000114. The molecule has 8 heteroatoms. The number of hydrogen-bond donors (Lipinski definition) is 4. The van der Waals surface area contributed by atoms with Gasteiger partial charge in [-0.05, 0) is 0 Å². The number of carboxylic acid groups (broad SMARTS) is 4. The topological polar surface area (TPSA) is 132 Å². The van der Waals surface area contributed by atoms with Gasteiger partial charge < -0.3 is 20.4 Å². The fraction of sp³-hybridized carbons (Fsp3) is 0. The molecule has 0 rings (SSSR count). The summed E-state index contributed by atoms with van der Waals surface area (Å²) in [7, 11) is 0. The molecule has 0 amide bonds. The van der Waals surface area contributed by atoms with E-state index in [-0.39, 0.29) is 41.7 Å². The average Bonchev–Trinajstić information content (AvgIpc) is 1.63. The molecule has 0 unspecified atom stereocenters.